The molecule has 94 valence electrons. The zero-order chi connectivity index (χ0) is 13.4. The van der Waals surface area contributed by atoms with Gasteiger partial charge in [-0.15, -0.1) is 10.2 Å². The normalized spacial score (nSPS) is 11.8. The number of hydrogen-bond donors (Lipinski definition) is 0. The Morgan fingerprint density at radius 3 is 2.45 bits per heavy atom. The average molecular weight is 258 g/mol. The van der Waals surface area contributed by atoms with E-state index >= 15 is 0 Å². The van der Waals surface area contributed by atoms with Crippen LogP contribution in [0.5, 0.6) is 0 Å². The minimum absolute atomic E-state index is 0.605. The van der Waals surface area contributed by atoms with Gasteiger partial charge in [0.1, 0.15) is 0 Å². The minimum atomic E-state index is 0.605. The second kappa shape index (κ2) is 4.35. The third kappa shape index (κ3) is 1.87. The van der Waals surface area contributed by atoms with Crippen LogP contribution in [-0.2, 0) is 0 Å². The molecule has 3 aromatic rings. The first kappa shape index (κ1) is 11.0. The Labute approximate surface area is 115 Å². The maximum absolute atomic E-state index is 4.44. The number of aromatic nitrogens is 2. The van der Waals surface area contributed by atoms with E-state index < -0.39 is 0 Å². The number of fused-ring (bicyclic) bond motifs is 8. The molecule has 0 N–H and O–H groups in total. The summed E-state index contributed by atoms with van der Waals surface area (Å²) in [7, 11) is 0. The topological polar surface area (TPSA) is 50.5 Å². The minimum Gasteiger partial charge on any atom is -0.256 e. The molecule has 2 aromatic heterocycles. The first-order valence-electron chi connectivity index (χ1n) is 6.33. The Kier molecular flexibility index (Phi) is 2.39. The first-order chi connectivity index (χ1) is 9.88. The summed E-state index contributed by atoms with van der Waals surface area (Å²) >= 11 is 0. The van der Waals surface area contributed by atoms with Gasteiger partial charge in [-0.2, -0.15) is 0 Å². The molecule has 0 fully saturated rings. The molecule has 0 unspecified atom stereocenters. The quantitative estimate of drug-likeness (QED) is 0.465. The molecule has 0 saturated carbocycles. The van der Waals surface area contributed by atoms with Gasteiger partial charge >= 0.3 is 0 Å². The van der Waals surface area contributed by atoms with Crippen molar-refractivity contribution in [2.75, 3.05) is 0 Å². The van der Waals surface area contributed by atoms with Crippen molar-refractivity contribution in [1.82, 2.24) is 9.97 Å². The highest BCUT2D eigenvalue weighted by atomic mass is 15.1. The van der Waals surface area contributed by atoms with Crippen LogP contribution in [0.4, 0.5) is 11.5 Å². The van der Waals surface area contributed by atoms with E-state index in [1.165, 1.54) is 0 Å². The highest BCUT2D eigenvalue weighted by Crippen LogP contribution is 2.30. The van der Waals surface area contributed by atoms with E-state index in [9.17, 15) is 0 Å². The lowest BCUT2D eigenvalue weighted by molar-refractivity contribution is 1.16. The molecule has 1 aliphatic heterocycles. The van der Waals surface area contributed by atoms with Crippen LogP contribution in [0, 0.1) is 0 Å². The van der Waals surface area contributed by atoms with Crippen molar-refractivity contribution in [3.05, 3.63) is 60.9 Å². The Bertz CT molecular complexity index is 759. The van der Waals surface area contributed by atoms with Gasteiger partial charge in [-0.3, -0.25) is 4.98 Å². The van der Waals surface area contributed by atoms with Crippen molar-refractivity contribution in [2.45, 2.75) is 0 Å². The van der Waals surface area contributed by atoms with Gasteiger partial charge in [-0.05, 0) is 47.5 Å². The van der Waals surface area contributed by atoms with Crippen LogP contribution in [0.25, 0.3) is 22.4 Å². The van der Waals surface area contributed by atoms with E-state index in [-0.39, 0.29) is 0 Å². The fourth-order valence-electron chi connectivity index (χ4n) is 2.26. The lowest BCUT2D eigenvalue weighted by Crippen LogP contribution is -1.85. The maximum Gasteiger partial charge on any atom is 0.174 e. The Morgan fingerprint density at radius 2 is 1.50 bits per heavy atom. The molecular weight excluding hydrogens is 248 g/mol. The Hall–Kier alpha value is -2.88. The lowest BCUT2D eigenvalue weighted by atomic mass is 10.0. The number of nitrogens with zero attached hydrogens (tertiary/aromatic N) is 4. The van der Waals surface area contributed by atoms with Crippen LogP contribution in [0.1, 0.15) is 0 Å². The summed E-state index contributed by atoms with van der Waals surface area (Å²) < 4.78 is 0. The molecule has 0 saturated heterocycles. The highest BCUT2D eigenvalue weighted by Gasteiger charge is 2.06. The van der Waals surface area contributed by atoms with Crippen molar-refractivity contribution in [2.24, 2.45) is 10.2 Å². The second-order valence-electron chi connectivity index (χ2n) is 4.58. The van der Waals surface area contributed by atoms with Gasteiger partial charge in [0.05, 0.1) is 11.4 Å². The number of azo groups is 1. The predicted octanol–water partition coefficient (Wildman–Crippen LogP) is 4.54. The molecule has 20 heavy (non-hydrogen) atoms. The summed E-state index contributed by atoms with van der Waals surface area (Å²) in [6, 6.07) is 15.8. The van der Waals surface area contributed by atoms with Gasteiger partial charge in [0.25, 0.3) is 0 Å². The summed E-state index contributed by atoms with van der Waals surface area (Å²) in [5.74, 6) is 0.605. The summed E-state index contributed by atoms with van der Waals surface area (Å²) in [4.78, 5) is 8.66. The molecule has 4 heteroatoms. The fourth-order valence-corrected chi connectivity index (χ4v) is 2.26. The van der Waals surface area contributed by atoms with Crippen LogP contribution in [0.2, 0.25) is 0 Å². The number of rotatable bonds is 0. The fraction of sp³-hybridized carbons (Fsp3) is 0. The average Bonchev–Trinajstić information content (AvgIpc) is 2.54. The Balaban J connectivity index is 2.06. The van der Waals surface area contributed by atoms with Crippen molar-refractivity contribution in [1.29, 1.82) is 0 Å². The SMILES string of the molecule is c1cc2cc(c1)-c1cc(ccn1)-c1ccnc(c1)N=N2. The monoisotopic (exact) mass is 258 g/mol. The summed E-state index contributed by atoms with van der Waals surface area (Å²) in [5, 5.41) is 8.42. The standard InChI is InChI=1S/C16H10N4/c1-2-13-8-14(3-1)19-20-16-10-12(5-7-18-16)11-4-6-17-15(13)9-11/h1-10H. The van der Waals surface area contributed by atoms with Crippen LogP contribution < -0.4 is 0 Å². The molecule has 4 nitrogen and oxygen atoms in total. The van der Waals surface area contributed by atoms with E-state index in [4.69, 9.17) is 0 Å². The number of pyridine rings is 2. The van der Waals surface area contributed by atoms with Gasteiger partial charge < -0.3 is 0 Å². The highest BCUT2D eigenvalue weighted by molar-refractivity contribution is 5.72. The van der Waals surface area contributed by atoms with E-state index in [0.717, 1.165) is 28.1 Å². The van der Waals surface area contributed by atoms with Crippen molar-refractivity contribution >= 4 is 11.5 Å². The summed E-state index contributed by atoms with van der Waals surface area (Å²) in [5.41, 5.74) is 4.92. The first-order valence-corrected chi connectivity index (χ1v) is 6.33. The van der Waals surface area contributed by atoms with Crippen LogP contribution in [0.3, 0.4) is 0 Å². The van der Waals surface area contributed by atoms with Gasteiger partial charge in [0.15, 0.2) is 5.82 Å². The Morgan fingerprint density at radius 1 is 0.650 bits per heavy atom. The van der Waals surface area contributed by atoms with Gasteiger partial charge in [0, 0.05) is 18.0 Å². The number of benzene rings is 1. The van der Waals surface area contributed by atoms with Crippen molar-refractivity contribution in [3.63, 3.8) is 0 Å². The molecule has 0 aliphatic carbocycles. The zero-order valence-electron chi connectivity index (χ0n) is 10.6. The third-order valence-corrected chi connectivity index (χ3v) is 3.25. The summed E-state index contributed by atoms with van der Waals surface area (Å²) in [6.07, 6.45) is 3.57. The van der Waals surface area contributed by atoms with Gasteiger partial charge in [-0.1, -0.05) is 12.1 Å². The second-order valence-corrected chi connectivity index (χ2v) is 4.58. The predicted molar refractivity (Wildman–Crippen MR) is 77.1 cm³/mol. The van der Waals surface area contributed by atoms with Crippen LogP contribution in [0.15, 0.2) is 71.2 Å². The molecule has 3 heterocycles. The van der Waals surface area contributed by atoms with Crippen LogP contribution in [-0.4, -0.2) is 9.97 Å². The lowest BCUT2D eigenvalue weighted by Gasteiger charge is -2.05. The molecule has 1 aromatic carbocycles. The molecule has 1 aliphatic rings. The molecule has 0 spiro atoms. The molecule has 6 bridgehead atoms. The van der Waals surface area contributed by atoms with Gasteiger partial charge in [0.2, 0.25) is 0 Å². The van der Waals surface area contributed by atoms with Crippen molar-refractivity contribution < 1.29 is 0 Å². The molecule has 4 rings (SSSR count). The van der Waals surface area contributed by atoms with Crippen LogP contribution >= 0.6 is 0 Å². The summed E-state index contributed by atoms with van der Waals surface area (Å²) in [6.45, 7) is 0. The molecule has 0 amide bonds. The van der Waals surface area contributed by atoms with Gasteiger partial charge in [-0.25, -0.2) is 4.98 Å². The third-order valence-electron chi connectivity index (χ3n) is 3.25. The smallest absolute Gasteiger partial charge is 0.174 e. The maximum atomic E-state index is 4.44. The molecule has 0 radical (unpaired) electrons. The molecular formula is C16H10N4. The van der Waals surface area contributed by atoms with E-state index in [2.05, 4.69) is 26.3 Å². The largest absolute Gasteiger partial charge is 0.256 e. The van der Waals surface area contributed by atoms with E-state index in [1.54, 1.807) is 6.20 Å². The van der Waals surface area contributed by atoms with E-state index in [1.807, 2.05) is 48.7 Å². The molecule has 0 atom stereocenters. The van der Waals surface area contributed by atoms with E-state index in [0.29, 0.717) is 5.82 Å². The number of hydrogen-bond acceptors (Lipinski definition) is 4. The van der Waals surface area contributed by atoms with Crippen molar-refractivity contribution in [3.8, 4) is 22.4 Å². The zero-order valence-corrected chi connectivity index (χ0v) is 10.6.